The highest BCUT2D eigenvalue weighted by molar-refractivity contribution is 7.99. The minimum atomic E-state index is -4.48. The van der Waals surface area contributed by atoms with Crippen LogP contribution in [0.1, 0.15) is 12.5 Å². The number of hydrogen-bond donors (Lipinski definition) is 1. The summed E-state index contributed by atoms with van der Waals surface area (Å²) in [7, 11) is 0. The second kappa shape index (κ2) is 8.69. The van der Waals surface area contributed by atoms with Gasteiger partial charge in [0.05, 0.1) is 22.3 Å². The fraction of sp³-hybridized carbons (Fsp3) is 0.250. The van der Waals surface area contributed by atoms with Crippen molar-refractivity contribution in [3.63, 3.8) is 0 Å². The molecular formula is C20H18F3N3O2S. The van der Waals surface area contributed by atoms with Crippen LogP contribution in [0.3, 0.4) is 0 Å². The van der Waals surface area contributed by atoms with Gasteiger partial charge in [0.1, 0.15) is 6.54 Å². The van der Waals surface area contributed by atoms with E-state index in [0.717, 1.165) is 23.7 Å². The molecular weight excluding hydrogens is 403 g/mol. The third-order valence-corrected chi connectivity index (χ3v) is 5.10. The zero-order chi connectivity index (χ0) is 21.0. The van der Waals surface area contributed by atoms with Crippen LogP contribution in [0.25, 0.3) is 16.6 Å². The molecule has 152 valence electrons. The summed E-state index contributed by atoms with van der Waals surface area (Å²) >= 11 is 0.912. The standard InChI is InChI=1S/C20H18F3N3O2S/c1-2-13-7-9-14(10-8-13)26-18(28)15-5-3-4-6-16(15)25-19(26)29-11-17(27)24-12-20(21,22)23/h3-10H,2,11-12H2,1H3,(H,24,27). The molecule has 3 aromatic rings. The predicted octanol–water partition coefficient (Wildman–Crippen LogP) is 3.72. The van der Waals surface area contributed by atoms with Gasteiger partial charge in [-0.15, -0.1) is 0 Å². The first-order valence-corrected chi connectivity index (χ1v) is 9.84. The molecule has 0 atom stereocenters. The minimum absolute atomic E-state index is 0.236. The fourth-order valence-electron chi connectivity index (χ4n) is 2.70. The zero-order valence-electron chi connectivity index (χ0n) is 15.5. The van der Waals surface area contributed by atoms with Crippen molar-refractivity contribution in [1.29, 1.82) is 0 Å². The van der Waals surface area contributed by atoms with Crippen LogP contribution in [0.5, 0.6) is 0 Å². The van der Waals surface area contributed by atoms with E-state index in [2.05, 4.69) is 4.98 Å². The Labute approximate surface area is 169 Å². The lowest BCUT2D eigenvalue weighted by atomic mass is 10.1. The van der Waals surface area contributed by atoms with Gasteiger partial charge < -0.3 is 5.32 Å². The van der Waals surface area contributed by atoms with Crippen LogP contribution in [0, 0.1) is 0 Å². The quantitative estimate of drug-likeness (QED) is 0.487. The van der Waals surface area contributed by atoms with Gasteiger partial charge in [-0.1, -0.05) is 43.0 Å². The minimum Gasteiger partial charge on any atom is -0.346 e. The van der Waals surface area contributed by atoms with E-state index in [9.17, 15) is 22.8 Å². The maximum Gasteiger partial charge on any atom is 0.405 e. The molecule has 1 heterocycles. The third kappa shape index (κ3) is 5.17. The molecule has 0 fully saturated rings. The van der Waals surface area contributed by atoms with Crippen molar-refractivity contribution >= 4 is 28.6 Å². The van der Waals surface area contributed by atoms with Crippen molar-refractivity contribution in [3.05, 3.63) is 64.4 Å². The van der Waals surface area contributed by atoms with Gasteiger partial charge in [0.2, 0.25) is 5.91 Å². The molecule has 0 saturated heterocycles. The molecule has 2 aromatic carbocycles. The maximum atomic E-state index is 13.1. The number of thioether (sulfide) groups is 1. The van der Waals surface area contributed by atoms with Crippen molar-refractivity contribution in [3.8, 4) is 5.69 Å². The predicted molar refractivity (Wildman–Crippen MR) is 107 cm³/mol. The second-order valence-corrected chi connectivity index (χ2v) is 7.20. The monoisotopic (exact) mass is 421 g/mol. The smallest absolute Gasteiger partial charge is 0.346 e. The van der Waals surface area contributed by atoms with Crippen LogP contribution in [0.15, 0.2) is 58.5 Å². The lowest BCUT2D eigenvalue weighted by Gasteiger charge is -2.14. The number of carbonyl (C=O) groups excluding carboxylic acids is 1. The van der Waals surface area contributed by atoms with E-state index in [1.165, 1.54) is 4.57 Å². The maximum absolute atomic E-state index is 13.1. The molecule has 0 bridgehead atoms. The van der Waals surface area contributed by atoms with Crippen LogP contribution >= 0.6 is 11.8 Å². The number of aromatic nitrogens is 2. The number of carbonyl (C=O) groups is 1. The van der Waals surface area contributed by atoms with Gasteiger partial charge in [-0.05, 0) is 36.2 Å². The fourth-order valence-corrected chi connectivity index (χ4v) is 3.54. The van der Waals surface area contributed by atoms with Crippen molar-refractivity contribution in [2.45, 2.75) is 24.7 Å². The van der Waals surface area contributed by atoms with Gasteiger partial charge in [-0.2, -0.15) is 13.2 Å². The number of halogens is 3. The molecule has 29 heavy (non-hydrogen) atoms. The summed E-state index contributed by atoms with van der Waals surface area (Å²) in [6.07, 6.45) is -3.64. The number of nitrogens with one attached hydrogen (secondary N) is 1. The number of hydrogen-bond acceptors (Lipinski definition) is 4. The first kappa shape index (κ1) is 20.9. The molecule has 9 heteroatoms. The lowest BCUT2D eigenvalue weighted by Crippen LogP contribution is -2.35. The van der Waals surface area contributed by atoms with Gasteiger partial charge in [0.15, 0.2) is 5.16 Å². The van der Waals surface area contributed by atoms with Crippen molar-refractivity contribution in [1.82, 2.24) is 14.9 Å². The first-order chi connectivity index (χ1) is 13.8. The number of amides is 1. The Kier molecular flexibility index (Phi) is 6.26. The number of aryl methyl sites for hydroxylation is 1. The molecule has 0 spiro atoms. The lowest BCUT2D eigenvalue weighted by molar-refractivity contribution is -0.136. The molecule has 0 unspecified atom stereocenters. The molecule has 0 aliphatic heterocycles. The number of nitrogens with zero attached hydrogens (tertiary/aromatic N) is 2. The summed E-state index contributed by atoms with van der Waals surface area (Å²) in [4.78, 5) is 29.3. The topological polar surface area (TPSA) is 64.0 Å². The molecule has 1 N–H and O–H groups in total. The summed E-state index contributed by atoms with van der Waals surface area (Å²) in [5.74, 6) is -1.09. The number of fused-ring (bicyclic) bond motifs is 1. The molecule has 3 rings (SSSR count). The summed E-state index contributed by atoms with van der Waals surface area (Å²) in [5.41, 5.74) is 1.81. The Morgan fingerprint density at radius 3 is 2.48 bits per heavy atom. The SMILES string of the molecule is CCc1ccc(-n2c(SCC(=O)NCC(F)(F)F)nc3ccccc3c2=O)cc1. The van der Waals surface area contributed by atoms with Crippen molar-refractivity contribution in [2.24, 2.45) is 0 Å². The highest BCUT2D eigenvalue weighted by atomic mass is 32.2. The van der Waals surface area contributed by atoms with E-state index in [1.54, 1.807) is 36.4 Å². The van der Waals surface area contributed by atoms with E-state index < -0.39 is 18.6 Å². The Balaban J connectivity index is 1.96. The summed E-state index contributed by atoms with van der Waals surface area (Å²) in [5, 5.41) is 2.47. The average Bonchev–Trinajstić information content (AvgIpc) is 2.70. The summed E-state index contributed by atoms with van der Waals surface area (Å²) < 4.78 is 38.2. The first-order valence-electron chi connectivity index (χ1n) is 8.86. The Bertz CT molecular complexity index is 1080. The van der Waals surface area contributed by atoms with Crippen LogP contribution in [0.4, 0.5) is 13.2 Å². The number of alkyl halides is 3. The van der Waals surface area contributed by atoms with Crippen molar-refractivity contribution in [2.75, 3.05) is 12.3 Å². The average molecular weight is 421 g/mol. The van der Waals surface area contributed by atoms with Crippen LogP contribution < -0.4 is 10.9 Å². The highest BCUT2D eigenvalue weighted by Gasteiger charge is 2.27. The Morgan fingerprint density at radius 2 is 1.83 bits per heavy atom. The Morgan fingerprint density at radius 1 is 1.14 bits per heavy atom. The van der Waals surface area contributed by atoms with Gasteiger partial charge in [-0.3, -0.25) is 14.2 Å². The summed E-state index contributed by atoms with van der Waals surface area (Å²) in [6, 6.07) is 14.1. The van der Waals surface area contributed by atoms with E-state index >= 15 is 0 Å². The highest BCUT2D eigenvalue weighted by Crippen LogP contribution is 2.22. The molecule has 0 aliphatic carbocycles. The zero-order valence-corrected chi connectivity index (χ0v) is 16.3. The van der Waals surface area contributed by atoms with E-state index in [1.807, 2.05) is 24.4 Å². The largest absolute Gasteiger partial charge is 0.405 e. The molecule has 0 aliphatic rings. The Hall–Kier alpha value is -2.81. The summed E-state index contributed by atoms with van der Waals surface area (Å²) in [6.45, 7) is 0.614. The van der Waals surface area contributed by atoms with Crippen LogP contribution in [0.2, 0.25) is 0 Å². The van der Waals surface area contributed by atoms with Crippen molar-refractivity contribution < 1.29 is 18.0 Å². The van der Waals surface area contributed by atoms with Gasteiger partial charge >= 0.3 is 6.18 Å². The molecule has 1 aromatic heterocycles. The molecule has 0 radical (unpaired) electrons. The van der Waals surface area contributed by atoms with Crippen LogP contribution in [-0.2, 0) is 11.2 Å². The number of para-hydroxylation sites is 1. The van der Waals surface area contributed by atoms with Gasteiger partial charge in [-0.25, -0.2) is 4.98 Å². The van der Waals surface area contributed by atoms with E-state index in [4.69, 9.17) is 0 Å². The second-order valence-electron chi connectivity index (χ2n) is 6.25. The van der Waals surface area contributed by atoms with Crippen LogP contribution in [-0.4, -0.2) is 33.9 Å². The van der Waals surface area contributed by atoms with E-state index in [-0.39, 0.29) is 16.5 Å². The third-order valence-electron chi connectivity index (χ3n) is 4.17. The molecule has 5 nitrogen and oxygen atoms in total. The molecule has 0 saturated carbocycles. The number of rotatable bonds is 6. The van der Waals surface area contributed by atoms with Gasteiger partial charge in [0, 0.05) is 0 Å². The van der Waals surface area contributed by atoms with Gasteiger partial charge in [0.25, 0.3) is 5.56 Å². The normalized spacial score (nSPS) is 11.6. The molecule has 1 amide bonds. The number of benzene rings is 2. The van der Waals surface area contributed by atoms with E-state index in [0.29, 0.717) is 16.6 Å².